The molecule has 1 aromatic carbocycles. The molecule has 0 N–H and O–H groups in total. The van der Waals surface area contributed by atoms with Crippen molar-refractivity contribution in [2.45, 2.75) is 13.5 Å². The second kappa shape index (κ2) is 6.48. The van der Waals surface area contributed by atoms with E-state index in [9.17, 15) is 9.18 Å². The highest BCUT2D eigenvalue weighted by Crippen LogP contribution is 2.19. The van der Waals surface area contributed by atoms with E-state index >= 15 is 0 Å². The first-order chi connectivity index (χ1) is 9.19. The molecule has 0 saturated carbocycles. The summed E-state index contributed by atoms with van der Waals surface area (Å²) in [6, 6.07) is 9.84. The molecule has 1 atom stereocenters. The van der Waals surface area contributed by atoms with Crippen molar-refractivity contribution < 1.29 is 13.9 Å². The van der Waals surface area contributed by atoms with E-state index in [2.05, 4.69) is 0 Å². The summed E-state index contributed by atoms with van der Waals surface area (Å²) >= 11 is 0. The van der Waals surface area contributed by atoms with E-state index in [0.717, 1.165) is 5.56 Å². The summed E-state index contributed by atoms with van der Waals surface area (Å²) in [7, 11) is 0. The lowest BCUT2D eigenvalue weighted by Gasteiger charge is -2.28. The maximum Gasteiger partial charge on any atom is 0.314 e. The maximum atomic E-state index is 13.6. The Morgan fingerprint density at radius 3 is 2.84 bits per heavy atom. The second-order valence-electron chi connectivity index (χ2n) is 4.63. The highest BCUT2D eigenvalue weighted by Gasteiger charge is 2.26. The first-order valence-electron chi connectivity index (χ1n) is 6.48. The number of hydrogen-bond acceptors (Lipinski definition) is 3. The molecule has 1 aliphatic rings. The van der Waals surface area contributed by atoms with Crippen molar-refractivity contribution in [1.29, 1.82) is 0 Å². The molecule has 19 heavy (non-hydrogen) atoms. The Labute approximate surface area is 112 Å². The van der Waals surface area contributed by atoms with E-state index in [0.29, 0.717) is 19.7 Å². The van der Waals surface area contributed by atoms with Crippen LogP contribution in [0.15, 0.2) is 42.2 Å². The van der Waals surface area contributed by atoms with Crippen molar-refractivity contribution in [3.8, 4) is 0 Å². The topological polar surface area (TPSA) is 29.5 Å². The summed E-state index contributed by atoms with van der Waals surface area (Å²) in [5.41, 5.74) is 1.11. The van der Waals surface area contributed by atoms with Crippen molar-refractivity contribution in [2.24, 2.45) is 5.92 Å². The van der Waals surface area contributed by atoms with Crippen LogP contribution in [0.5, 0.6) is 0 Å². The molecule has 0 radical (unpaired) electrons. The number of benzene rings is 1. The van der Waals surface area contributed by atoms with E-state index in [1.165, 1.54) is 6.08 Å². The summed E-state index contributed by atoms with van der Waals surface area (Å²) in [6.45, 7) is 3.47. The Morgan fingerprint density at radius 1 is 1.42 bits per heavy atom. The minimum Gasteiger partial charge on any atom is -0.465 e. The molecule has 102 valence electrons. The van der Waals surface area contributed by atoms with Crippen LogP contribution in [0.1, 0.15) is 12.5 Å². The van der Waals surface area contributed by atoms with Gasteiger partial charge in [-0.15, -0.1) is 0 Å². The fourth-order valence-electron chi connectivity index (χ4n) is 2.23. The highest BCUT2D eigenvalue weighted by atomic mass is 19.1. The van der Waals surface area contributed by atoms with Gasteiger partial charge in [-0.05, 0) is 18.6 Å². The number of carbonyl (C=O) groups excluding carboxylic acids is 1. The molecule has 1 aliphatic heterocycles. The number of rotatable bonds is 4. The Morgan fingerprint density at radius 2 is 2.16 bits per heavy atom. The molecule has 0 saturated heterocycles. The van der Waals surface area contributed by atoms with Crippen molar-refractivity contribution in [3.63, 3.8) is 0 Å². The maximum absolute atomic E-state index is 13.6. The lowest BCUT2D eigenvalue weighted by molar-refractivity contribution is -0.147. The molecule has 0 aromatic heterocycles. The van der Waals surface area contributed by atoms with E-state index in [4.69, 9.17) is 4.74 Å². The lowest BCUT2D eigenvalue weighted by atomic mass is 10.0. The summed E-state index contributed by atoms with van der Waals surface area (Å²) in [4.78, 5) is 13.6. The van der Waals surface area contributed by atoms with Crippen LogP contribution in [-0.4, -0.2) is 30.6 Å². The van der Waals surface area contributed by atoms with Crippen LogP contribution in [0.2, 0.25) is 0 Å². The molecule has 1 aromatic rings. The zero-order valence-electron chi connectivity index (χ0n) is 11.0. The van der Waals surface area contributed by atoms with Crippen LogP contribution in [0, 0.1) is 5.92 Å². The van der Waals surface area contributed by atoms with Crippen LogP contribution in [0.3, 0.4) is 0 Å². The van der Waals surface area contributed by atoms with Crippen LogP contribution < -0.4 is 0 Å². The first kappa shape index (κ1) is 13.7. The number of halogens is 1. The van der Waals surface area contributed by atoms with Gasteiger partial charge in [0.1, 0.15) is 5.83 Å². The largest absolute Gasteiger partial charge is 0.465 e. The summed E-state index contributed by atoms with van der Waals surface area (Å²) < 4.78 is 18.6. The Balaban J connectivity index is 2.01. The van der Waals surface area contributed by atoms with Gasteiger partial charge in [0.05, 0.1) is 19.1 Å². The number of carbonyl (C=O) groups is 1. The zero-order chi connectivity index (χ0) is 13.7. The number of nitrogens with zero attached hydrogens (tertiary/aromatic N) is 1. The Bertz CT molecular complexity index is 458. The molecule has 2 rings (SSSR count). The van der Waals surface area contributed by atoms with Crippen LogP contribution in [0.25, 0.3) is 0 Å². The average Bonchev–Trinajstić information content (AvgIpc) is 2.39. The molecule has 0 amide bonds. The smallest absolute Gasteiger partial charge is 0.314 e. The molecule has 1 heterocycles. The van der Waals surface area contributed by atoms with Crippen molar-refractivity contribution >= 4 is 5.97 Å². The molecular formula is C15H18FNO2. The number of ether oxygens (including phenoxy) is 1. The average molecular weight is 263 g/mol. The van der Waals surface area contributed by atoms with Crippen molar-refractivity contribution in [1.82, 2.24) is 4.90 Å². The van der Waals surface area contributed by atoms with E-state index < -0.39 is 5.92 Å². The second-order valence-corrected chi connectivity index (χ2v) is 4.63. The fourth-order valence-corrected chi connectivity index (χ4v) is 2.23. The standard InChI is InChI=1S/C15H18FNO2/c1-2-19-15(18)13-8-14(16)11-17(10-13)9-12-6-4-3-5-7-12/h3-8,13H,2,9-11H2,1H3/t13-/m1/s1. The van der Waals surface area contributed by atoms with Gasteiger partial charge in [-0.3, -0.25) is 9.69 Å². The molecule has 0 spiro atoms. The zero-order valence-corrected chi connectivity index (χ0v) is 11.0. The van der Waals surface area contributed by atoms with Gasteiger partial charge in [-0.2, -0.15) is 0 Å². The molecule has 0 fully saturated rings. The minimum absolute atomic E-state index is 0.255. The van der Waals surface area contributed by atoms with Gasteiger partial charge in [-0.25, -0.2) is 4.39 Å². The van der Waals surface area contributed by atoms with Gasteiger partial charge in [0, 0.05) is 13.1 Å². The van der Waals surface area contributed by atoms with Crippen LogP contribution in [0.4, 0.5) is 4.39 Å². The molecule has 0 aliphatic carbocycles. The van der Waals surface area contributed by atoms with Gasteiger partial charge in [0.15, 0.2) is 0 Å². The SMILES string of the molecule is CCOC(=O)[C@@H]1C=C(F)CN(Cc2ccccc2)C1. The van der Waals surface area contributed by atoms with Gasteiger partial charge in [-0.1, -0.05) is 30.3 Å². The molecule has 4 heteroatoms. The van der Waals surface area contributed by atoms with Crippen LogP contribution in [-0.2, 0) is 16.1 Å². The Hall–Kier alpha value is -1.68. The normalized spacial score (nSPS) is 19.9. The predicted octanol–water partition coefficient (Wildman–Crippen LogP) is 2.53. The fraction of sp³-hybridized carbons (Fsp3) is 0.400. The third-order valence-electron chi connectivity index (χ3n) is 3.05. The van der Waals surface area contributed by atoms with Gasteiger partial charge >= 0.3 is 5.97 Å². The van der Waals surface area contributed by atoms with E-state index in [-0.39, 0.29) is 18.3 Å². The summed E-state index contributed by atoms with van der Waals surface area (Å²) in [5.74, 6) is -1.12. The summed E-state index contributed by atoms with van der Waals surface area (Å²) in [6.07, 6.45) is 1.37. The van der Waals surface area contributed by atoms with Gasteiger partial charge in [0.25, 0.3) is 0 Å². The third kappa shape index (κ3) is 3.89. The molecule has 0 unspecified atom stereocenters. The lowest BCUT2D eigenvalue weighted by Crippen LogP contribution is -2.37. The number of esters is 1. The van der Waals surface area contributed by atoms with E-state index in [1.807, 2.05) is 35.2 Å². The molecule has 3 nitrogen and oxygen atoms in total. The van der Waals surface area contributed by atoms with Crippen LogP contribution >= 0.6 is 0 Å². The molecular weight excluding hydrogens is 245 g/mol. The quantitative estimate of drug-likeness (QED) is 0.782. The molecule has 0 bridgehead atoms. The first-order valence-corrected chi connectivity index (χ1v) is 6.48. The van der Waals surface area contributed by atoms with Crippen molar-refractivity contribution in [3.05, 3.63) is 47.8 Å². The van der Waals surface area contributed by atoms with Crippen molar-refractivity contribution in [2.75, 3.05) is 19.7 Å². The monoisotopic (exact) mass is 263 g/mol. The summed E-state index contributed by atoms with van der Waals surface area (Å²) in [5, 5.41) is 0. The highest BCUT2D eigenvalue weighted by molar-refractivity contribution is 5.75. The van der Waals surface area contributed by atoms with E-state index in [1.54, 1.807) is 6.92 Å². The Kier molecular flexibility index (Phi) is 4.68. The third-order valence-corrected chi connectivity index (χ3v) is 3.05. The minimum atomic E-state index is -0.502. The predicted molar refractivity (Wildman–Crippen MR) is 71.0 cm³/mol. The van der Waals surface area contributed by atoms with Gasteiger partial charge in [0.2, 0.25) is 0 Å². The van der Waals surface area contributed by atoms with Gasteiger partial charge < -0.3 is 4.74 Å². The number of hydrogen-bond donors (Lipinski definition) is 0.